The van der Waals surface area contributed by atoms with Crippen LogP contribution in [-0.4, -0.2) is 12.5 Å². The Hall–Kier alpha value is -2.36. The predicted molar refractivity (Wildman–Crippen MR) is 93.3 cm³/mol. The van der Waals surface area contributed by atoms with Crippen molar-refractivity contribution in [3.05, 3.63) is 59.4 Å². The van der Waals surface area contributed by atoms with E-state index in [2.05, 4.69) is 24.5 Å². The number of nitrogens with one attached hydrogen (secondary N) is 2. The summed E-state index contributed by atoms with van der Waals surface area (Å²) < 4.78 is 13.1. The van der Waals surface area contributed by atoms with Gasteiger partial charge in [-0.15, -0.1) is 0 Å². The van der Waals surface area contributed by atoms with Crippen molar-refractivity contribution < 1.29 is 9.18 Å². The molecule has 1 amide bonds. The van der Waals surface area contributed by atoms with Gasteiger partial charge in [-0.05, 0) is 42.2 Å². The highest BCUT2D eigenvalue weighted by Crippen LogP contribution is 2.22. The predicted octanol–water partition coefficient (Wildman–Crippen LogP) is 4.39. The number of hydrogen-bond acceptors (Lipinski definition) is 2. The molecule has 4 heteroatoms. The van der Waals surface area contributed by atoms with Gasteiger partial charge in [-0.1, -0.05) is 38.1 Å². The molecular formula is C19H23FN2O. The largest absolute Gasteiger partial charge is 0.384 e. The summed E-state index contributed by atoms with van der Waals surface area (Å²) in [6, 6.07) is 12.3. The van der Waals surface area contributed by atoms with E-state index >= 15 is 0 Å². The monoisotopic (exact) mass is 314 g/mol. The highest BCUT2D eigenvalue weighted by Gasteiger charge is 2.09. The Morgan fingerprint density at radius 2 is 1.70 bits per heavy atom. The molecule has 0 saturated carbocycles. The number of rotatable bonds is 7. The van der Waals surface area contributed by atoms with Crippen LogP contribution in [0.15, 0.2) is 42.5 Å². The zero-order chi connectivity index (χ0) is 16.7. The summed E-state index contributed by atoms with van der Waals surface area (Å²) in [6.07, 6.45) is 2.09. The number of para-hydroxylation sites is 1. The number of aryl methyl sites for hydroxylation is 2. The second-order valence-corrected chi connectivity index (χ2v) is 5.39. The van der Waals surface area contributed by atoms with Crippen LogP contribution in [0, 0.1) is 5.82 Å². The van der Waals surface area contributed by atoms with Crippen molar-refractivity contribution >= 4 is 17.3 Å². The number of amides is 1. The average Bonchev–Trinajstić information content (AvgIpc) is 2.55. The van der Waals surface area contributed by atoms with Gasteiger partial charge in [-0.2, -0.15) is 0 Å². The van der Waals surface area contributed by atoms with Gasteiger partial charge >= 0.3 is 0 Å². The molecule has 0 fully saturated rings. The van der Waals surface area contributed by atoms with Gasteiger partial charge in [0.05, 0.1) is 0 Å². The number of carbonyl (C=O) groups is 1. The Labute approximate surface area is 136 Å². The molecule has 0 aliphatic heterocycles. The van der Waals surface area contributed by atoms with Crippen molar-refractivity contribution in [3.63, 3.8) is 0 Å². The topological polar surface area (TPSA) is 41.1 Å². The van der Waals surface area contributed by atoms with E-state index in [4.69, 9.17) is 0 Å². The van der Waals surface area contributed by atoms with Crippen LogP contribution in [0.5, 0.6) is 0 Å². The van der Waals surface area contributed by atoms with Crippen LogP contribution in [-0.2, 0) is 17.6 Å². The van der Waals surface area contributed by atoms with E-state index in [1.165, 1.54) is 12.1 Å². The molecule has 0 aliphatic rings. The average molecular weight is 314 g/mol. The van der Waals surface area contributed by atoms with Gasteiger partial charge < -0.3 is 10.6 Å². The van der Waals surface area contributed by atoms with E-state index in [-0.39, 0.29) is 11.7 Å². The first kappa shape index (κ1) is 17.0. The van der Waals surface area contributed by atoms with Gasteiger partial charge in [-0.3, -0.25) is 4.79 Å². The first-order valence-corrected chi connectivity index (χ1v) is 8.04. The molecule has 0 spiro atoms. The molecule has 0 radical (unpaired) electrons. The highest BCUT2D eigenvalue weighted by atomic mass is 19.1. The zero-order valence-electron chi connectivity index (χ0n) is 13.7. The molecule has 0 aromatic heterocycles. The van der Waals surface area contributed by atoms with E-state index in [1.807, 2.05) is 18.2 Å². The Kier molecular flexibility index (Phi) is 6.15. The lowest BCUT2D eigenvalue weighted by Crippen LogP contribution is -2.18. The maximum absolute atomic E-state index is 13.1. The van der Waals surface area contributed by atoms with Gasteiger partial charge in [-0.25, -0.2) is 4.39 Å². The van der Waals surface area contributed by atoms with Crippen molar-refractivity contribution in [2.45, 2.75) is 33.1 Å². The second kappa shape index (κ2) is 8.32. The fourth-order valence-electron chi connectivity index (χ4n) is 2.52. The summed E-state index contributed by atoms with van der Waals surface area (Å²) in [4.78, 5) is 12.2. The van der Waals surface area contributed by atoms with Crippen LogP contribution in [0.2, 0.25) is 0 Å². The first-order chi connectivity index (χ1) is 11.1. The van der Waals surface area contributed by atoms with Crippen LogP contribution in [0.4, 0.5) is 15.8 Å². The van der Waals surface area contributed by atoms with Crippen LogP contribution in [0.3, 0.4) is 0 Å². The number of hydrogen-bond donors (Lipinski definition) is 2. The van der Waals surface area contributed by atoms with Gasteiger partial charge in [0.25, 0.3) is 0 Å². The van der Waals surface area contributed by atoms with Gasteiger partial charge in [0.1, 0.15) is 5.82 Å². The minimum absolute atomic E-state index is 0.0375. The Morgan fingerprint density at radius 3 is 2.30 bits per heavy atom. The fourth-order valence-corrected chi connectivity index (χ4v) is 2.52. The number of benzene rings is 2. The van der Waals surface area contributed by atoms with Crippen LogP contribution in [0.1, 0.15) is 31.4 Å². The third-order valence-electron chi connectivity index (χ3n) is 3.77. The zero-order valence-corrected chi connectivity index (χ0v) is 13.7. The molecule has 2 aromatic carbocycles. The van der Waals surface area contributed by atoms with E-state index in [1.54, 1.807) is 12.1 Å². The molecule has 0 heterocycles. The van der Waals surface area contributed by atoms with Crippen LogP contribution < -0.4 is 10.6 Å². The summed E-state index contributed by atoms with van der Waals surface area (Å²) in [5, 5.41) is 6.08. The minimum atomic E-state index is -0.288. The second-order valence-electron chi connectivity index (χ2n) is 5.39. The lowest BCUT2D eigenvalue weighted by molar-refractivity contribution is -0.115. The molecule has 122 valence electrons. The first-order valence-electron chi connectivity index (χ1n) is 8.04. The SMILES string of the molecule is CCc1cccc(CC)c1NC(=O)CCNc1cccc(F)c1. The summed E-state index contributed by atoms with van der Waals surface area (Å²) >= 11 is 0. The molecule has 0 atom stereocenters. The van der Waals surface area contributed by atoms with Crippen molar-refractivity contribution in [2.24, 2.45) is 0 Å². The number of halogens is 1. The molecule has 2 N–H and O–H groups in total. The summed E-state index contributed by atoms with van der Waals surface area (Å²) in [6.45, 7) is 4.62. The van der Waals surface area contributed by atoms with Crippen molar-refractivity contribution in [1.29, 1.82) is 0 Å². The summed E-state index contributed by atoms with van der Waals surface area (Å²) in [5.41, 5.74) is 3.92. The third kappa shape index (κ3) is 4.81. The molecule has 0 saturated heterocycles. The lowest BCUT2D eigenvalue weighted by atomic mass is 10.0. The van der Waals surface area contributed by atoms with Crippen LogP contribution >= 0.6 is 0 Å². The normalized spacial score (nSPS) is 10.4. The van der Waals surface area contributed by atoms with E-state index in [9.17, 15) is 9.18 Å². The third-order valence-corrected chi connectivity index (χ3v) is 3.77. The van der Waals surface area contributed by atoms with Crippen molar-refractivity contribution in [2.75, 3.05) is 17.2 Å². The lowest BCUT2D eigenvalue weighted by Gasteiger charge is -2.14. The highest BCUT2D eigenvalue weighted by molar-refractivity contribution is 5.92. The molecule has 2 rings (SSSR count). The van der Waals surface area contributed by atoms with E-state index < -0.39 is 0 Å². The van der Waals surface area contributed by atoms with Gasteiger partial charge in [0, 0.05) is 24.3 Å². The quantitative estimate of drug-likeness (QED) is 0.795. The summed E-state index contributed by atoms with van der Waals surface area (Å²) in [5.74, 6) is -0.326. The standard InChI is InChI=1S/C19H23FN2O/c1-3-14-7-5-8-15(4-2)19(14)22-18(23)11-12-21-17-10-6-9-16(20)13-17/h5-10,13,21H,3-4,11-12H2,1-2H3,(H,22,23). The number of anilines is 2. The Morgan fingerprint density at radius 1 is 1.04 bits per heavy atom. The molecule has 0 unspecified atom stereocenters. The van der Waals surface area contributed by atoms with Gasteiger partial charge in [0.2, 0.25) is 5.91 Å². The smallest absolute Gasteiger partial charge is 0.226 e. The molecule has 0 aliphatic carbocycles. The maximum atomic E-state index is 13.1. The minimum Gasteiger partial charge on any atom is -0.384 e. The Bertz CT molecular complexity index is 648. The van der Waals surface area contributed by atoms with Crippen molar-refractivity contribution in [1.82, 2.24) is 0 Å². The molecule has 0 bridgehead atoms. The maximum Gasteiger partial charge on any atom is 0.226 e. The van der Waals surface area contributed by atoms with Crippen molar-refractivity contribution in [3.8, 4) is 0 Å². The van der Waals surface area contributed by atoms with Crippen LogP contribution in [0.25, 0.3) is 0 Å². The molecule has 23 heavy (non-hydrogen) atoms. The van der Waals surface area contributed by atoms with Gasteiger partial charge in [0.15, 0.2) is 0 Å². The fraction of sp³-hybridized carbons (Fsp3) is 0.316. The molecule has 2 aromatic rings. The van der Waals surface area contributed by atoms with E-state index in [0.717, 1.165) is 29.7 Å². The summed E-state index contributed by atoms with van der Waals surface area (Å²) in [7, 11) is 0. The molecule has 3 nitrogen and oxygen atoms in total. The van der Waals surface area contributed by atoms with E-state index in [0.29, 0.717) is 18.7 Å². The molecular weight excluding hydrogens is 291 g/mol. The Balaban J connectivity index is 1.92. The number of carbonyl (C=O) groups excluding carboxylic acids is 1.